The largest absolute Gasteiger partial charge is 0.292 e. The third-order valence-corrected chi connectivity index (χ3v) is 7.08. The van der Waals surface area contributed by atoms with Crippen molar-refractivity contribution < 1.29 is 0 Å². The Balaban J connectivity index is 1.71. The lowest BCUT2D eigenvalue weighted by molar-refractivity contribution is -0.0441. The lowest BCUT2D eigenvalue weighted by Crippen LogP contribution is -2.58. The molecule has 3 aliphatic heterocycles. The molecule has 106 valence electrons. The molecule has 1 aromatic carbocycles. The molecule has 2 aliphatic carbocycles. The smallest absolute Gasteiger partial charge is 0.0385 e. The summed E-state index contributed by atoms with van der Waals surface area (Å²) in [6.45, 7) is 1.35. The van der Waals surface area contributed by atoms with Crippen molar-refractivity contribution in [2.75, 3.05) is 6.54 Å². The van der Waals surface area contributed by atoms with E-state index in [1.807, 2.05) is 0 Å². The summed E-state index contributed by atoms with van der Waals surface area (Å²) in [6, 6.07) is 8.75. The minimum Gasteiger partial charge on any atom is -0.292 e. The van der Waals surface area contributed by atoms with Crippen molar-refractivity contribution >= 4 is 15.9 Å². The van der Waals surface area contributed by atoms with Crippen molar-refractivity contribution in [3.05, 3.63) is 33.8 Å². The highest BCUT2D eigenvalue weighted by Crippen LogP contribution is 2.62. The quantitative estimate of drug-likeness (QED) is 0.655. The Hall–Kier alpha value is -0.340. The molecule has 0 radical (unpaired) electrons. The summed E-state index contributed by atoms with van der Waals surface area (Å²) in [7, 11) is 0. The van der Waals surface area contributed by atoms with Gasteiger partial charge in [0.1, 0.15) is 0 Å². The highest BCUT2D eigenvalue weighted by molar-refractivity contribution is 9.10. The second kappa shape index (κ2) is 4.33. The summed E-state index contributed by atoms with van der Waals surface area (Å²) < 4.78 is 1.28. The van der Waals surface area contributed by atoms with Crippen LogP contribution in [0.1, 0.15) is 61.6 Å². The lowest BCUT2D eigenvalue weighted by Gasteiger charge is -2.59. The Labute approximate surface area is 129 Å². The van der Waals surface area contributed by atoms with Crippen LogP contribution in [0.2, 0.25) is 0 Å². The van der Waals surface area contributed by atoms with Crippen LogP contribution in [0.25, 0.3) is 0 Å². The topological polar surface area (TPSA) is 3.24 Å². The van der Waals surface area contributed by atoms with Crippen LogP contribution in [0.3, 0.4) is 0 Å². The average molecular weight is 332 g/mol. The molecule has 0 aromatic heterocycles. The molecule has 1 aromatic rings. The van der Waals surface area contributed by atoms with Gasteiger partial charge in [-0.05, 0) is 67.3 Å². The molecular weight excluding hydrogens is 310 g/mol. The fourth-order valence-corrected chi connectivity index (χ4v) is 6.43. The molecule has 0 amide bonds. The predicted octanol–water partition coefficient (Wildman–Crippen LogP) is 4.87. The van der Waals surface area contributed by atoms with Crippen LogP contribution in [0, 0.1) is 11.8 Å². The molecule has 3 heterocycles. The van der Waals surface area contributed by atoms with Gasteiger partial charge in [0.05, 0.1) is 0 Å². The van der Waals surface area contributed by atoms with E-state index in [-0.39, 0.29) is 0 Å². The number of nitrogens with zero attached hydrogens (tertiary/aromatic N) is 1. The van der Waals surface area contributed by atoms with Crippen LogP contribution in [0.5, 0.6) is 0 Å². The zero-order valence-electron chi connectivity index (χ0n) is 11.9. The third-order valence-electron chi connectivity index (χ3n) is 6.58. The van der Waals surface area contributed by atoms with E-state index in [9.17, 15) is 0 Å². The number of halogens is 1. The molecular formula is C18H22BrN. The second-order valence-corrected chi connectivity index (χ2v) is 8.22. The van der Waals surface area contributed by atoms with Gasteiger partial charge in [-0.2, -0.15) is 0 Å². The maximum atomic E-state index is 3.71. The summed E-state index contributed by atoms with van der Waals surface area (Å²) in [5, 5.41) is 0. The Morgan fingerprint density at radius 1 is 0.950 bits per heavy atom. The first-order valence-electron chi connectivity index (χ1n) is 8.40. The summed E-state index contributed by atoms with van der Waals surface area (Å²) >= 11 is 3.71. The molecule has 2 bridgehead atoms. The Kier molecular flexibility index (Phi) is 2.65. The van der Waals surface area contributed by atoms with E-state index in [0.29, 0.717) is 0 Å². The monoisotopic (exact) mass is 331 g/mol. The molecule has 6 rings (SSSR count). The summed E-state index contributed by atoms with van der Waals surface area (Å²) in [6.07, 6.45) is 8.75. The normalized spacial score (nSPS) is 42.1. The zero-order chi connectivity index (χ0) is 13.3. The summed E-state index contributed by atoms with van der Waals surface area (Å²) in [4.78, 5) is 2.91. The molecule has 3 fully saturated rings. The summed E-state index contributed by atoms with van der Waals surface area (Å²) in [5.41, 5.74) is 3.38. The van der Waals surface area contributed by atoms with Gasteiger partial charge in [-0.15, -0.1) is 0 Å². The van der Waals surface area contributed by atoms with Crippen molar-refractivity contribution in [1.29, 1.82) is 0 Å². The van der Waals surface area contributed by atoms with E-state index in [2.05, 4.69) is 39.0 Å². The van der Waals surface area contributed by atoms with Crippen LogP contribution in [-0.2, 0) is 0 Å². The Bertz CT molecular complexity index is 554. The van der Waals surface area contributed by atoms with Crippen molar-refractivity contribution in [3.63, 3.8) is 0 Å². The maximum absolute atomic E-state index is 3.71. The van der Waals surface area contributed by atoms with E-state index < -0.39 is 0 Å². The zero-order valence-corrected chi connectivity index (χ0v) is 13.5. The van der Waals surface area contributed by atoms with E-state index in [4.69, 9.17) is 0 Å². The highest BCUT2D eigenvalue weighted by Gasteiger charge is 2.56. The standard InChI is InChI=1S/C18H22BrN/c19-11-7-8-14-15(10-11)17-12-4-3-5-13(12)18(14)20-9-2-1-6-16(17)20/h7-8,10,12-13,16-18H,1-6,9H2/t12-,13+,16-,17-,18+/m1/s1. The van der Waals surface area contributed by atoms with Crippen molar-refractivity contribution in [2.45, 2.75) is 56.5 Å². The van der Waals surface area contributed by atoms with Crippen LogP contribution in [0.15, 0.2) is 22.7 Å². The van der Waals surface area contributed by atoms with Crippen molar-refractivity contribution in [3.8, 4) is 0 Å². The number of piperidine rings is 2. The Morgan fingerprint density at radius 2 is 1.85 bits per heavy atom. The first-order valence-corrected chi connectivity index (χ1v) is 9.19. The molecule has 1 nitrogen and oxygen atoms in total. The molecule has 5 atom stereocenters. The molecule has 0 spiro atoms. The number of rotatable bonds is 0. The van der Waals surface area contributed by atoms with Crippen LogP contribution in [-0.4, -0.2) is 17.5 Å². The van der Waals surface area contributed by atoms with Gasteiger partial charge in [0.15, 0.2) is 0 Å². The van der Waals surface area contributed by atoms with Crippen LogP contribution >= 0.6 is 15.9 Å². The van der Waals surface area contributed by atoms with Gasteiger partial charge in [-0.25, -0.2) is 0 Å². The first kappa shape index (κ1) is 12.2. The van der Waals surface area contributed by atoms with Gasteiger partial charge in [0, 0.05) is 22.5 Å². The molecule has 0 unspecified atom stereocenters. The SMILES string of the molecule is Brc1ccc2c(c1)[C@H]1[C@@H]3CCC[C@@H]3[C@@H]2N2CCCC[C@H]12. The van der Waals surface area contributed by atoms with Crippen LogP contribution in [0.4, 0.5) is 0 Å². The van der Waals surface area contributed by atoms with E-state index >= 15 is 0 Å². The first-order chi connectivity index (χ1) is 9.84. The molecule has 20 heavy (non-hydrogen) atoms. The van der Waals surface area contributed by atoms with Gasteiger partial charge in [-0.1, -0.05) is 34.8 Å². The predicted molar refractivity (Wildman–Crippen MR) is 84.8 cm³/mol. The molecule has 1 saturated carbocycles. The van der Waals surface area contributed by atoms with Gasteiger partial charge in [0.25, 0.3) is 0 Å². The number of hydrogen-bond donors (Lipinski definition) is 0. The van der Waals surface area contributed by atoms with Crippen LogP contribution < -0.4 is 0 Å². The maximum Gasteiger partial charge on any atom is 0.0385 e. The highest BCUT2D eigenvalue weighted by atomic mass is 79.9. The Morgan fingerprint density at radius 3 is 2.80 bits per heavy atom. The molecule has 0 N–H and O–H groups in total. The van der Waals surface area contributed by atoms with Gasteiger partial charge in [-0.3, -0.25) is 4.90 Å². The van der Waals surface area contributed by atoms with E-state index in [1.54, 1.807) is 11.1 Å². The fraction of sp³-hybridized carbons (Fsp3) is 0.667. The van der Waals surface area contributed by atoms with Crippen molar-refractivity contribution in [1.82, 2.24) is 4.90 Å². The van der Waals surface area contributed by atoms with Crippen molar-refractivity contribution in [2.24, 2.45) is 11.8 Å². The van der Waals surface area contributed by atoms with E-state index in [0.717, 1.165) is 29.8 Å². The number of benzene rings is 1. The fourth-order valence-electron chi connectivity index (χ4n) is 6.05. The average Bonchev–Trinajstić information content (AvgIpc) is 2.96. The lowest BCUT2D eigenvalue weighted by atomic mass is 9.59. The molecule has 2 saturated heterocycles. The van der Waals surface area contributed by atoms with Gasteiger partial charge >= 0.3 is 0 Å². The third kappa shape index (κ3) is 1.47. The second-order valence-electron chi connectivity index (χ2n) is 7.30. The molecule has 5 aliphatic rings. The van der Waals surface area contributed by atoms with Gasteiger partial charge in [0.2, 0.25) is 0 Å². The molecule has 2 heteroatoms. The number of hydrogen-bond acceptors (Lipinski definition) is 1. The summed E-state index contributed by atoms with van der Waals surface area (Å²) in [5.74, 6) is 2.78. The van der Waals surface area contributed by atoms with E-state index in [1.165, 1.54) is 49.5 Å². The minimum absolute atomic E-state index is 0.751. The minimum atomic E-state index is 0.751. The van der Waals surface area contributed by atoms with Gasteiger partial charge < -0.3 is 0 Å².